The second-order valence-electron chi connectivity index (χ2n) is 7.74. The quantitative estimate of drug-likeness (QED) is 0.446. The van der Waals surface area contributed by atoms with E-state index in [4.69, 9.17) is 29.2 Å². The Morgan fingerprint density at radius 2 is 1.59 bits per heavy atom. The molecule has 0 aromatic heterocycles. The highest BCUT2D eigenvalue weighted by Crippen LogP contribution is 2.20. The molecule has 1 saturated heterocycles. The second-order valence-corrected chi connectivity index (χ2v) is 8.49. The molecule has 164 valence electrons. The van der Waals surface area contributed by atoms with Crippen LogP contribution in [0.15, 0.2) is 84.9 Å². The summed E-state index contributed by atoms with van der Waals surface area (Å²) in [6, 6.07) is 28.6. The minimum Gasteiger partial charge on any atom is -0.489 e. The first kappa shape index (κ1) is 22.2. The van der Waals surface area contributed by atoms with Crippen molar-refractivity contribution in [2.75, 3.05) is 25.0 Å². The molecule has 4 rings (SSSR count). The fourth-order valence-electron chi connectivity index (χ4n) is 3.69. The molecule has 1 aliphatic rings. The molecule has 0 bridgehead atoms. The summed E-state index contributed by atoms with van der Waals surface area (Å²) >= 11 is 11.4. The fraction of sp³-hybridized carbons (Fsp3) is 0.231. The minimum absolute atomic E-state index is 0.531. The van der Waals surface area contributed by atoms with Gasteiger partial charge < -0.3 is 15.0 Å². The average Bonchev–Trinajstić information content (AvgIpc) is 3.20. The highest BCUT2D eigenvalue weighted by atomic mass is 32.1. The monoisotopic (exact) mass is 461 g/mol. The maximum atomic E-state index is 5.93. The van der Waals surface area contributed by atoms with Gasteiger partial charge in [-0.25, -0.2) is 0 Å². The highest BCUT2D eigenvalue weighted by molar-refractivity contribution is 7.82. The van der Waals surface area contributed by atoms with Crippen LogP contribution in [0.5, 0.6) is 5.75 Å². The lowest BCUT2D eigenvalue weighted by atomic mass is 10.1. The van der Waals surface area contributed by atoms with Gasteiger partial charge in [0.15, 0.2) is 10.2 Å². The molecule has 4 nitrogen and oxygen atoms in total. The molecule has 1 fully saturated rings. The number of nitrogens with zero attached hydrogens (tertiary/aromatic N) is 2. The Bertz CT molecular complexity index is 1040. The molecule has 3 aromatic carbocycles. The van der Waals surface area contributed by atoms with Gasteiger partial charge in [-0.1, -0.05) is 66.7 Å². The summed E-state index contributed by atoms with van der Waals surface area (Å²) in [5, 5.41) is 4.74. The van der Waals surface area contributed by atoms with Gasteiger partial charge >= 0.3 is 0 Å². The van der Waals surface area contributed by atoms with Crippen LogP contribution in [-0.4, -0.2) is 39.7 Å². The predicted molar refractivity (Wildman–Crippen MR) is 139 cm³/mol. The molecule has 32 heavy (non-hydrogen) atoms. The molecule has 1 aliphatic heterocycles. The normalized spacial score (nSPS) is 13.3. The van der Waals surface area contributed by atoms with Crippen LogP contribution in [0, 0.1) is 0 Å². The first-order valence-corrected chi connectivity index (χ1v) is 11.7. The summed E-state index contributed by atoms with van der Waals surface area (Å²) in [4.78, 5) is 4.25. The van der Waals surface area contributed by atoms with E-state index in [0.29, 0.717) is 11.7 Å². The SMILES string of the molecule is S=C(Nc1cccc(OCc2ccccc2)c1)N1CCN(CCCc2ccccc2)C1=S. The summed E-state index contributed by atoms with van der Waals surface area (Å²) in [6.45, 7) is 3.18. The van der Waals surface area contributed by atoms with Crippen molar-refractivity contribution >= 4 is 40.3 Å². The lowest BCUT2D eigenvalue weighted by Crippen LogP contribution is -2.38. The van der Waals surface area contributed by atoms with Gasteiger partial charge in [0.25, 0.3) is 0 Å². The number of benzene rings is 3. The number of hydrogen-bond acceptors (Lipinski definition) is 3. The number of anilines is 1. The van der Waals surface area contributed by atoms with Crippen LogP contribution in [0.3, 0.4) is 0 Å². The fourth-order valence-corrected chi connectivity index (χ4v) is 4.41. The number of nitrogens with one attached hydrogen (secondary N) is 1. The maximum absolute atomic E-state index is 5.93. The van der Waals surface area contributed by atoms with Crippen LogP contribution < -0.4 is 10.1 Å². The number of rotatable bonds is 8. The minimum atomic E-state index is 0.531. The van der Waals surface area contributed by atoms with E-state index in [1.165, 1.54) is 5.56 Å². The van der Waals surface area contributed by atoms with Crippen molar-refractivity contribution in [3.8, 4) is 5.75 Å². The predicted octanol–water partition coefficient (Wildman–Crippen LogP) is 5.50. The van der Waals surface area contributed by atoms with E-state index in [9.17, 15) is 0 Å². The Morgan fingerprint density at radius 3 is 2.34 bits per heavy atom. The van der Waals surface area contributed by atoms with Crippen LogP contribution >= 0.6 is 24.4 Å². The zero-order chi connectivity index (χ0) is 22.2. The molecule has 1 heterocycles. The van der Waals surface area contributed by atoms with Gasteiger partial charge in [0.1, 0.15) is 12.4 Å². The number of ether oxygens (including phenoxy) is 1. The zero-order valence-electron chi connectivity index (χ0n) is 17.9. The molecular formula is C26H27N3OS2. The van der Waals surface area contributed by atoms with E-state index in [2.05, 4.69) is 52.7 Å². The smallest absolute Gasteiger partial charge is 0.179 e. The van der Waals surface area contributed by atoms with E-state index in [1.807, 2.05) is 47.4 Å². The van der Waals surface area contributed by atoms with E-state index in [-0.39, 0.29) is 0 Å². The summed E-state index contributed by atoms with van der Waals surface area (Å²) in [7, 11) is 0. The van der Waals surface area contributed by atoms with E-state index < -0.39 is 0 Å². The Kier molecular flexibility index (Phi) is 7.69. The molecule has 6 heteroatoms. The van der Waals surface area contributed by atoms with Crippen molar-refractivity contribution in [2.45, 2.75) is 19.4 Å². The topological polar surface area (TPSA) is 27.7 Å². The van der Waals surface area contributed by atoms with Crippen LogP contribution in [0.4, 0.5) is 5.69 Å². The third kappa shape index (κ3) is 6.05. The lowest BCUT2D eigenvalue weighted by Gasteiger charge is -2.23. The molecule has 3 aromatic rings. The van der Waals surface area contributed by atoms with E-state index in [1.54, 1.807) is 0 Å². The van der Waals surface area contributed by atoms with Gasteiger partial charge in [0.2, 0.25) is 0 Å². The Labute approximate surface area is 200 Å². The average molecular weight is 462 g/mol. The van der Waals surface area contributed by atoms with Gasteiger partial charge in [-0.05, 0) is 60.5 Å². The molecule has 0 radical (unpaired) electrons. The molecular weight excluding hydrogens is 434 g/mol. The molecule has 1 N–H and O–H groups in total. The Hall–Kier alpha value is -2.96. The summed E-state index contributed by atoms with van der Waals surface area (Å²) in [5.41, 5.74) is 3.39. The Morgan fingerprint density at radius 1 is 0.875 bits per heavy atom. The van der Waals surface area contributed by atoms with Crippen LogP contribution in [0.2, 0.25) is 0 Å². The van der Waals surface area contributed by atoms with Crippen molar-refractivity contribution < 1.29 is 4.74 Å². The van der Waals surface area contributed by atoms with Gasteiger partial charge in [-0.3, -0.25) is 4.90 Å². The summed E-state index contributed by atoms with van der Waals surface area (Å²) < 4.78 is 5.93. The van der Waals surface area contributed by atoms with Gasteiger partial charge in [0, 0.05) is 31.4 Å². The number of hydrogen-bond donors (Lipinski definition) is 1. The first-order chi connectivity index (χ1) is 15.7. The molecule has 0 aliphatic carbocycles. The maximum Gasteiger partial charge on any atom is 0.179 e. The van der Waals surface area contributed by atoms with Crippen molar-refractivity contribution in [3.05, 3.63) is 96.1 Å². The summed E-state index contributed by atoms with van der Waals surface area (Å²) in [6.07, 6.45) is 2.12. The van der Waals surface area contributed by atoms with Crippen molar-refractivity contribution in [2.24, 2.45) is 0 Å². The number of thiocarbonyl (C=S) groups is 2. The number of aryl methyl sites for hydroxylation is 1. The van der Waals surface area contributed by atoms with E-state index in [0.717, 1.165) is 54.6 Å². The second kappa shape index (κ2) is 11.1. The molecule has 0 unspecified atom stereocenters. The van der Waals surface area contributed by atoms with Gasteiger partial charge in [0.05, 0.1) is 0 Å². The highest BCUT2D eigenvalue weighted by Gasteiger charge is 2.27. The molecule has 0 amide bonds. The standard InChI is InChI=1S/C26H27N3OS2/c31-25(27-23-14-7-15-24(19-23)30-20-22-11-5-2-6-12-22)29-18-17-28(26(29)32)16-8-13-21-9-3-1-4-10-21/h1-7,9-12,14-15,19H,8,13,16-18,20H2,(H,27,31). The molecule has 0 saturated carbocycles. The molecule has 0 atom stereocenters. The largest absolute Gasteiger partial charge is 0.489 e. The zero-order valence-corrected chi connectivity index (χ0v) is 19.6. The van der Waals surface area contributed by atoms with Gasteiger partial charge in [-0.2, -0.15) is 0 Å². The van der Waals surface area contributed by atoms with Crippen molar-refractivity contribution in [1.29, 1.82) is 0 Å². The van der Waals surface area contributed by atoms with Crippen LogP contribution in [0.25, 0.3) is 0 Å². The van der Waals surface area contributed by atoms with E-state index >= 15 is 0 Å². The van der Waals surface area contributed by atoms with Crippen molar-refractivity contribution in [3.63, 3.8) is 0 Å². The molecule has 0 spiro atoms. The summed E-state index contributed by atoms with van der Waals surface area (Å²) in [5.74, 6) is 0.799. The third-order valence-electron chi connectivity index (χ3n) is 5.41. The third-order valence-corrected chi connectivity index (χ3v) is 6.21. The lowest BCUT2D eigenvalue weighted by molar-refractivity contribution is 0.306. The first-order valence-electron chi connectivity index (χ1n) is 10.9. The van der Waals surface area contributed by atoms with Crippen molar-refractivity contribution in [1.82, 2.24) is 9.80 Å². The van der Waals surface area contributed by atoms with Crippen LogP contribution in [0.1, 0.15) is 17.5 Å². The van der Waals surface area contributed by atoms with Crippen LogP contribution in [-0.2, 0) is 13.0 Å². The van der Waals surface area contributed by atoms with Gasteiger partial charge in [-0.15, -0.1) is 0 Å². The Balaban J connectivity index is 1.27.